The van der Waals surface area contributed by atoms with Gasteiger partial charge in [0, 0.05) is 38.4 Å². The van der Waals surface area contributed by atoms with E-state index < -0.39 is 9.84 Å². The Kier molecular flexibility index (Phi) is 7.93. The predicted octanol–water partition coefficient (Wildman–Crippen LogP) is 0.489. The van der Waals surface area contributed by atoms with Gasteiger partial charge < -0.3 is 10.1 Å². The summed E-state index contributed by atoms with van der Waals surface area (Å²) in [6.07, 6.45) is 10.5. The standard InChI is InChI=1S/C23H43N5O4S/c1-33(29,30)19-7-4-17(5-8-19)16-28-10-2-3-20(28)23-25-22(26-32-23)18-6-9-21(24-15-18)27-11-13-31-14-12-27/h17-26H,2-16H2,1H3/t17?,18?,19?,20-,21?,22?,23?/m0/s1. The Morgan fingerprint density at radius 2 is 1.76 bits per heavy atom. The van der Waals surface area contributed by atoms with Crippen molar-refractivity contribution >= 4 is 9.84 Å². The van der Waals surface area contributed by atoms with Gasteiger partial charge in [-0.15, -0.1) is 0 Å². The fourth-order valence-corrected chi connectivity index (χ4v) is 7.79. The molecule has 4 aliphatic heterocycles. The number of nitrogens with zero attached hydrogens (tertiary/aromatic N) is 2. The van der Waals surface area contributed by atoms with Gasteiger partial charge >= 0.3 is 0 Å². The van der Waals surface area contributed by atoms with Crippen molar-refractivity contribution in [2.75, 3.05) is 52.2 Å². The summed E-state index contributed by atoms with van der Waals surface area (Å²) in [4.78, 5) is 11.2. The summed E-state index contributed by atoms with van der Waals surface area (Å²) in [6, 6.07) is 0.396. The molecule has 33 heavy (non-hydrogen) atoms. The topological polar surface area (TPSA) is 95.2 Å². The van der Waals surface area contributed by atoms with E-state index in [9.17, 15) is 8.42 Å². The minimum absolute atomic E-state index is 0.0295. The van der Waals surface area contributed by atoms with Gasteiger partial charge in [0.2, 0.25) is 0 Å². The van der Waals surface area contributed by atoms with Gasteiger partial charge in [-0.1, -0.05) is 0 Å². The molecule has 4 heterocycles. The maximum atomic E-state index is 11.9. The average Bonchev–Trinajstić information content (AvgIpc) is 3.49. The number of ether oxygens (including phenoxy) is 1. The molecule has 1 saturated carbocycles. The first-order chi connectivity index (χ1) is 16.0. The van der Waals surface area contributed by atoms with Crippen molar-refractivity contribution in [1.82, 2.24) is 25.9 Å². The molecule has 0 aromatic carbocycles. The lowest BCUT2D eigenvalue weighted by molar-refractivity contribution is -0.0288. The van der Waals surface area contributed by atoms with Crippen LogP contribution in [-0.2, 0) is 19.4 Å². The molecule has 0 radical (unpaired) electrons. The molecule has 5 rings (SSSR count). The van der Waals surface area contributed by atoms with Crippen molar-refractivity contribution in [3.63, 3.8) is 0 Å². The van der Waals surface area contributed by atoms with Gasteiger partial charge in [-0.05, 0) is 63.8 Å². The number of rotatable bonds is 6. The Bertz CT molecular complexity index is 733. The quantitative estimate of drug-likeness (QED) is 0.497. The van der Waals surface area contributed by atoms with Crippen LogP contribution in [0.4, 0.5) is 0 Å². The molecule has 5 aliphatic rings. The van der Waals surface area contributed by atoms with E-state index in [1.807, 2.05) is 0 Å². The first-order valence-corrected chi connectivity index (χ1v) is 15.1. The molecule has 0 spiro atoms. The third-order valence-electron chi connectivity index (χ3n) is 8.71. The Morgan fingerprint density at radius 3 is 2.45 bits per heavy atom. The number of morpholine rings is 1. The van der Waals surface area contributed by atoms with E-state index in [0.29, 0.717) is 24.0 Å². The van der Waals surface area contributed by atoms with Crippen LogP contribution in [0.1, 0.15) is 51.4 Å². The third-order valence-corrected chi connectivity index (χ3v) is 10.4. The van der Waals surface area contributed by atoms with Crippen LogP contribution in [0, 0.1) is 11.8 Å². The summed E-state index contributed by atoms with van der Waals surface area (Å²) in [5.41, 5.74) is 3.32. The van der Waals surface area contributed by atoms with Crippen molar-refractivity contribution in [3.8, 4) is 0 Å². The number of hydroxylamine groups is 1. The molecular weight excluding hydrogens is 442 g/mol. The van der Waals surface area contributed by atoms with E-state index in [0.717, 1.165) is 78.0 Å². The van der Waals surface area contributed by atoms with Gasteiger partial charge in [0.25, 0.3) is 0 Å². The van der Waals surface area contributed by atoms with Crippen molar-refractivity contribution in [2.24, 2.45) is 11.8 Å². The van der Waals surface area contributed by atoms with Gasteiger partial charge in [0.1, 0.15) is 16.1 Å². The summed E-state index contributed by atoms with van der Waals surface area (Å²) < 4.78 is 29.2. The molecule has 4 saturated heterocycles. The highest BCUT2D eigenvalue weighted by Crippen LogP contribution is 2.32. The lowest BCUT2D eigenvalue weighted by Gasteiger charge is -2.40. The van der Waals surface area contributed by atoms with E-state index in [-0.39, 0.29) is 17.6 Å². The van der Waals surface area contributed by atoms with Crippen molar-refractivity contribution in [3.05, 3.63) is 0 Å². The monoisotopic (exact) mass is 485 g/mol. The van der Waals surface area contributed by atoms with Crippen LogP contribution >= 0.6 is 0 Å². The van der Waals surface area contributed by atoms with Gasteiger partial charge in [0.05, 0.1) is 36.8 Å². The normalized spacial score (nSPS) is 42.0. The molecule has 5 atom stereocenters. The molecular formula is C23H43N5O4S. The summed E-state index contributed by atoms with van der Waals surface area (Å²) in [7, 11) is -2.89. The zero-order chi connectivity index (χ0) is 22.8. The highest BCUT2D eigenvalue weighted by atomic mass is 32.2. The maximum Gasteiger partial charge on any atom is 0.150 e. The lowest BCUT2D eigenvalue weighted by atomic mass is 9.88. The smallest absolute Gasteiger partial charge is 0.150 e. The van der Waals surface area contributed by atoms with Gasteiger partial charge in [-0.2, -0.15) is 5.48 Å². The van der Waals surface area contributed by atoms with E-state index in [2.05, 4.69) is 25.9 Å². The zero-order valence-electron chi connectivity index (χ0n) is 20.1. The summed E-state index contributed by atoms with van der Waals surface area (Å²) in [6.45, 7) is 6.94. The Balaban J connectivity index is 1.07. The van der Waals surface area contributed by atoms with Crippen molar-refractivity contribution in [1.29, 1.82) is 0 Å². The molecule has 190 valence electrons. The van der Waals surface area contributed by atoms with Crippen LogP contribution < -0.4 is 16.1 Å². The third kappa shape index (κ3) is 5.91. The predicted molar refractivity (Wildman–Crippen MR) is 127 cm³/mol. The SMILES string of the molecule is CS(=O)(=O)C1CCC(CN2CCC[C@H]2C2NC(C3CCC(N4CCOCC4)NC3)NO2)CC1. The highest BCUT2D eigenvalue weighted by molar-refractivity contribution is 7.91. The Labute approximate surface area is 199 Å². The average molecular weight is 486 g/mol. The first kappa shape index (κ1) is 24.4. The molecule has 3 N–H and O–H groups in total. The summed E-state index contributed by atoms with van der Waals surface area (Å²) in [5.74, 6) is 1.13. The van der Waals surface area contributed by atoms with Crippen molar-refractivity contribution < 1.29 is 18.0 Å². The molecule has 0 amide bonds. The second-order valence-electron chi connectivity index (χ2n) is 10.9. The van der Waals surface area contributed by atoms with Crippen LogP contribution in [0.5, 0.6) is 0 Å². The minimum Gasteiger partial charge on any atom is -0.379 e. The first-order valence-electron chi connectivity index (χ1n) is 13.1. The fraction of sp³-hybridized carbons (Fsp3) is 1.00. The molecule has 5 fully saturated rings. The number of piperidine rings is 1. The van der Waals surface area contributed by atoms with E-state index in [4.69, 9.17) is 9.57 Å². The maximum absolute atomic E-state index is 11.9. The number of hydrogen-bond donors (Lipinski definition) is 3. The molecule has 0 aromatic rings. The highest BCUT2D eigenvalue weighted by Gasteiger charge is 2.41. The summed E-state index contributed by atoms with van der Waals surface area (Å²) in [5, 5.41) is 7.40. The number of sulfone groups is 1. The zero-order valence-corrected chi connectivity index (χ0v) is 20.9. The molecule has 0 bridgehead atoms. The van der Waals surface area contributed by atoms with Gasteiger partial charge in [0.15, 0.2) is 0 Å². The molecule has 4 unspecified atom stereocenters. The molecule has 0 aromatic heterocycles. The van der Waals surface area contributed by atoms with E-state index in [1.165, 1.54) is 25.5 Å². The van der Waals surface area contributed by atoms with Crippen LogP contribution in [0.25, 0.3) is 0 Å². The van der Waals surface area contributed by atoms with Gasteiger partial charge in [-0.3, -0.25) is 20.0 Å². The molecule has 9 nitrogen and oxygen atoms in total. The summed E-state index contributed by atoms with van der Waals surface area (Å²) >= 11 is 0. The van der Waals surface area contributed by atoms with Crippen LogP contribution in [0.3, 0.4) is 0 Å². The molecule has 1 aliphatic carbocycles. The van der Waals surface area contributed by atoms with Gasteiger partial charge in [-0.25, -0.2) is 8.42 Å². The van der Waals surface area contributed by atoms with Crippen molar-refractivity contribution in [2.45, 2.75) is 81.2 Å². The minimum atomic E-state index is -2.89. The second kappa shape index (κ2) is 10.7. The Morgan fingerprint density at radius 1 is 0.970 bits per heavy atom. The largest absolute Gasteiger partial charge is 0.379 e. The number of nitrogens with one attached hydrogen (secondary N) is 3. The van der Waals surface area contributed by atoms with E-state index >= 15 is 0 Å². The molecule has 10 heteroatoms. The fourth-order valence-electron chi connectivity index (χ4n) is 6.66. The number of likely N-dealkylation sites (tertiary alicyclic amines) is 1. The van der Waals surface area contributed by atoms with E-state index in [1.54, 1.807) is 0 Å². The Hall–Kier alpha value is -0.330. The van der Waals surface area contributed by atoms with Crippen LogP contribution in [0.15, 0.2) is 0 Å². The second-order valence-corrected chi connectivity index (χ2v) is 13.2. The lowest BCUT2D eigenvalue weighted by Crippen LogP contribution is -2.57. The van der Waals surface area contributed by atoms with Crippen LogP contribution in [-0.4, -0.2) is 100 Å². The van der Waals surface area contributed by atoms with Crippen LogP contribution in [0.2, 0.25) is 0 Å². The number of hydrogen-bond acceptors (Lipinski definition) is 9.